The van der Waals surface area contributed by atoms with Crippen LogP contribution < -0.4 is 5.32 Å². The van der Waals surface area contributed by atoms with Gasteiger partial charge in [-0.05, 0) is 54.7 Å². The standard InChI is InChI=1S/C29H38N6O3/c1-29(2,3)23-13-15-24(16-14-23)35(26(37)18-17-25(36)21-7-5-4-6-8-21)19-20-9-11-22(12-10-20)27(38)32-28(33-30)34-31/h4-12,23-24,28,30-31H,13-19H2,1-3H3,(H,32,38). The van der Waals surface area contributed by atoms with E-state index in [4.69, 9.17) is 11.1 Å². The molecule has 2 aromatic carbocycles. The molecule has 0 saturated heterocycles. The van der Waals surface area contributed by atoms with Gasteiger partial charge in [-0.25, -0.2) is 11.1 Å². The van der Waals surface area contributed by atoms with Crippen LogP contribution in [0.15, 0.2) is 64.8 Å². The zero-order valence-electron chi connectivity index (χ0n) is 22.4. The van der Waals surface area contributed by atoms with Gasteiger partial charge in [0.15, 0.2) is 5.78 Å². The Kier molecular flexibility index (Phi) is 9.98. The topological polar surface area (TPSA) is 139 Å². The summed E-state index contributed by atoms with van der Waals surface area (Å²) < 4.78 is 0. The molecule has 2 aromatic rings. The highest BCUT2D eigenvalue weighted by Gasteiger charge is 2.33. The molecule has 0 aliphatic heterocycles. The molecule has 9 heteroatoms. The fourth-order valence-electron chi connectivity index (χ4n) is 5.06. The zero-order valence-corrected chi connectivity index (χ0v) is 22.4. The smallest absolute Gasteiger partial charge is 0.254 e. The quantitative estimate of drug-likeness (QED) is 0.236. The molecule has 0 radical (unpaired) electrons. The normalized spacial score (nSPS) is 18.2. The Hall–Kier alpha value is -3.75. The van der Waals surface area contributed by atoms with E-state index in [1.165, 1.54) is 0 Å². The SMILES string of the molecule is CC(C)(C)C1CCC(N(Cc2ccc(C(=O)NC(N=N)N=N)cc2)C(=O)CCC(=O)c2ccccc2)CC1. The Morgan fingerprint density at radius 2 is 1.50 bits per heavy atom. The molecule has 1 aliphatic carbocycles. The van der Waals surface area contributed by atoms with Gasteiger partial charge in [0.2, 0.25) is 5.91 Å². The van der Waals surface area contributed by atoms with E-state index in [1.54, 1.807) is 36.4 Å². The minimum Gasteiger partial charge on any atom is -0.335 e. The molecule has 0 atom stereocenters. The van der Waals surface area contributed by atoms with Crippen LogP contribution in [0.3, 0.4) is 0 Å². The van der Waals surface area contributed by atoms with Gasteiger partial charge in [-0.15, -0.1) is 10.2 Å². The van der Waals surface area contributed by atoms with Crippen molar-refractivity contribution < 1.29 is 14.4 Å². The van der Waals surface area contributed by atoms with Crippen LogP contribution in [-0.4, -0.2) is 34.8 Å². The lowest BCUT2D eigenvalue weighted by molar-refractivity contribution is -0.135. The third-order valence-electron chi connectivity index (χ3n) is 7.42. The first kappa shape index (κ1) is 28.8. The number of carbonyl (C=O) groups is 3. The Balaban J connectivity index is 1.71. The maximum atomic E-state index is 13.5. The summed E-state index contributed by atoms with van der Waals surface area (Å²) in [7, 11) is 0. The molecule has 38 heavy (non-hydrogen) atoms. The van der Waals surface area contributed by atoms with E-state index in [2.05, 4.69) is 36.3 Å². The van der Waals surface area contributed by atoms with Crippen LogP contribution in [0.5, 0.6) is 0 Å². The van der Waals surface area contributed by atoms with Crippen molar-refractivity contribution in [1.82, 2.24) is 10.2 Å². The van der Waals surface area contributed by atoms with Gasteiger partial charge in [0.1, 0.15) is 0 Å². The van der Waals surface area contributed by atoms with Crippen molar-refractivity contribution >= 4 is 17.6 Å². The van der Waals surface area contributed by atoms with Crippen molar-refractivity contribution in [2.24, 2.45) is 21.6 Å². The maximum Gasteiger partial charge on any atom is 0.254 e. The largest absolute Gasteiger partial charge is 0.335 e. The number of nitrogens with one attached hydrogen (secondary N) is 3. The summed E-state index contributed by atoms with van der Waals surface area (Å²) in [6.07, 6.45) is 3.05. The first-order valence-electron chi connectivity index (χ1n) is 13.1. The lowest BCUT2D eigenvalue weighted by Crippen LogP contribution is -2.43. The number of amides is 2. The highest BCUT2D eigenvalue weighted by molar-refractivity contribution is 5.98. The van der Waals surface area contributed by atoms with E-state index in [1.807, 2.05) is 23.1 Å². The summed E-state index contributed by atoms with van der Waals surface area (Å²) in [6, 6.07) is 16.1. The van der Waals surface area contributed by atoms with E-state index >= 15 is 0 Å². The number of benzene rings is 2. The summed E-state index contributed by atoms with van der Waals surface area (Å²) in [5.74, 6) is 0.0550. The summed E-state index contributed by atoms with van der Waals surface area (Å²) >= 11 is 0. The van der Waals surface area contributed by atoms with Gasteiger partial charge in [-0.3, -0.25) is 14.4 Å². The highest BCUT2D eigenvalue weighted by Crippen LogP contribution is 2.39. The number of nitrogens with zero attached hydrogens (tertiary/aromatic N) is 3. The number of ketones is 1. The molecular weight excluding hydrogens is 480 g/mol. The molecule has 0 heterocycles. The van der Waals surface area contributed by atoms with E-state index in [9.17, 15) is 14.4 Å². The van der Waals surface area contributed by atoms with Gasteiger partial charge in [0.25, 0.3) is 12.2 Å². The molecule has 1 saturated carbocycles. The van der Waals surface area contributed by atoms with Crippen LogP contribution in [0.2, 0.25) is 0 Å². The van der Waals surface area contributed by atoms with Crippen LogP contribution in [0.4, 0.5) is 0 Å². The molecule has 1 aliphatic rings. The van der Waals surface area contributed by atoms with Gasteiger partial charge in [-0.1, -0.05) is 63.2 Å². The molecule has 2 amide bonds. The molecule has 202 valence electrons. The van der Waals surface area contributed by atoms with Crippen LogP contribution >= 0.6 is 0 Å². The van der Waals surface area contributed by atoms with Crippen LogP contribution in [0.25, 0.3) is 0 Å². The summed E-state index contributed by atoms with van der Waals surface area (Å²) in [5, 5.41) is 8.51. The average molecular weight is 519 g/mol. The molecule has 3 N–H and O–H groups in total. The number of hydrogen-bond donors (Lipinski definition) is 3. The van der Waals surface area contributed by atoms with Crippen molar-refractivity contribution in [1.29, 1.82) is 11.1 Å². The average Bonchev–Trinajstić information content (AvgIpc) is 2.93. The summed E-state index contributed by atoms with van der Waals surface area (Å²) in [6.45, 7) is 7.21. The van der Waals surface area contributed by atoms with Gasteiger partial charge < -0.3 is 10.2 Å². The summed E-state index contributed by atoms with van der Waals surface area (Å²) in [5.41, 5.74) is 16.0. The third-order valence-corrected chi connectivity index (χ3v) is 7.42. The second-order valence-electron chi connectivity index (χ2n) is 11.0. The number of Topliss-reactive ketones (excluding diaryl/α,β-unsaturated/α-hetero) is 1. The lowest BCUT2D eigenvalue weighted by Gasteiger charge is -2.41. The van der Waals surface area contributed by atoms with Crippen molar-refractivity contribution in [3.05, 3.63) is 71.3 Å². The highest BCUT2D eigenvalue weighted by atomic mass is 16.2. The second kappa shape index (κ2) is 13.2. The Morgan fingerprint density at radius 3 is 2.05 bits per heavy atom. The van der Waals surface area contributed by atoms with E-state index in [0.717, 1.165) is 31.2 Å². The van der Waals surface area contributed by atoms with Gasteiger partial charge in [0, 0.05) is 36.6 Å². The van der Waals surface area contributed by atoms with Crippen molar-refractivity contribution in [3.8, 4) is 0 Å². The molecule has 0 aromatic heterocycles. The number of carbonyl (C=O) groups excluding carboxylic acids is 3. The molecular formula is C29H38N6O3. The third kappa shape index (κ3) is 7.87. The van der Waals surface area contributed by atoms with Crippen LogP contribution in [0.1, 0.15) is 85.6 Å². The predicted molar refractivity (Wildman–Crippen MR) is 144 cm³/mol. The fraction of sp³-hybridized carbons (Fsp3) is 0.483. The predicted octanol–water partition coefficient (Wildman–Crippen LogP) is 6.36. The molecule has 0 bridgehead atoms. The van der Waals surface area contributed by atoms with Gasteiger partial charge in [0.05, 0.1) is 0 Å². The van der Waals surface area contributed by atoms with Gasteiger partial charge >= 0.3 is 0 Å². The van der Waals surface area contributed by atoms with Gasteiger partial charge in [-0.2, -0.15) is 0 Å². The Labute approximate surface area is 224 Å². The Morgan fingerprint density at radius 1 is 0.895 bits per heavy atom. The lowest BCUT2D eigenvalue weighted by atomic mass is 9.71. The molecule has 0 unspecified atom stereocenters. The zero-order chi connectivity index (χ0) is 27.7. The molecule has 1 fully saturated rings. The second-order valence-corrected chi connectivity index (χ2v) is 11.0. The van der Waals surface area contributed by atoms with Crippen LogP contribution in [-0.2, 0) is 11.3 Å². The van der Waals surface area contributed by atoms with E-state index < -0.39 is 12.2 Å². The van der Waals surface area contributed by atoms with Crippen molar-refractivity contribution in [3.63, 3.8) is 0 Å². The fourth-order valence-corrected chi connectivity index (χ4v) is 5.06. The number of hydrogen-bond acceptors (Lipinski definition) is 7. The first-order chi connectivity index (χ1) is 18.1. The molecule has 9 nitrogen and oxygen atoms in total. The van der Waals surface area contributed by atoms with Crippen LogP contribution in [0, 0.1) is 22.4 Å². The monoisotopic (exact) mass is 518 g/mol. The van der Waals surface area contributed by atoms with Crippen molar-refractivity contribution in [2.75, 3.05) is 0 Å². The maximum absolute atomic E-state index is 13.5. The Bertz CT molecular complexity index is 1110. The van der Waals surface area contributed by atoms with E-state index in [0.29, 0.717) is 23.6 Å². The van der Waals surface area contributed by atoms with Crippen molar-refractivity contribution in [2.45, 2.75) is 78.2 Å². The minimum absolute atomic E-state index is 0.0349. The molecule has 3 rings (SSSR count). The summed E-state index contributed by atoms with van der Waals surface area (Å²) in [4.78, 5) is 40.4. The first-order valence-corrected chi connectivity index (χ1v) is 13.1. The minimum atomic E-state index is -1.24. The molecule has 0 spiro atoms. The van der Waals surface area contributed by atoms with E-state index in [-0.39, 0.29) is 36.0 Å². The number of rotatable bonds is 11.